The van der Waals surface area contributed by atoms with E-state index < -0.39 is 5.97 Å². The third kappa shape index (κ3) is 4.15. The van der Waals surface area contributed by atoms with Gasteiger partial charge in [0.2, 0.25) is 5.90 Å². The van der Waals surface area contributed by atoms with Crippen molar-refractivity contribution in [3.63, 3.8) is 0 Å². The smallest absolute Gasteiger partial charge is 0.363 e. The van der Waals surface area contributed by atoms with Crippen LogP contribution >= 0.6 is 11.3 Å². The van der Waals surface area contributed by atoms with Crippen LogP contribution in [0, 0.1) is 6.92 Å². The van der Waals surface area contributed by atoms with Gasteiger partial charge in [0.25, 0.3) is 0 Å². The van der Waals surface area contributed by atoms with Crippen LogP contribution in [0.4, 0.5) is 0 Å². The molecule has 0 unspecified atom stereocenters. The van der Waals surface area contributed by atoms with Crippen molar-refractivity contribution in [3.8, 4) is 5.75 Å². The van der Waals surface area contributed by atoms with Crippen LogP contribution in [0.2, 0.25) is 0 Å². The summed E-state index contributed by atoms with van der Waals surface area (Å²) >= 11 is 1.49. The number of hydrogen-bond donors (Lipinski definition) is 0. The molecule has 0 amide bonds. The van der Waals surface area contributed by atoms with Gasteiger partial charge in [-0.3, -0.25) is 0 Å². The Bertz CT molecular complexity index is 1020. The zero-order valence-electron chi connectivity index (χ0n) is 14.7. The summed E-state index contributed by atoms with van der Waals surface area (Å²) in [7, 11) is 0. The molecule has 1 aliphatic rings. The first kappa shape index (κ1) is 17.2. The highest BCUT2D eigenvalue weighted by atomic mass is 32.1. The highest BCUT2D eigenvalue weighted by Crippen LogP contribution is 2.22. The van der Waals surface area contributed by atoms with Gasteiger partial charge in [0, 0.05) is 0 Å². The predicted molar refractivity (Wildman–Crippen MR) is 107 cm³/mol. The van der Waals surface area contributed by atoms with Crippen LogP contribution in [0.15, 0.2) is 76.7 Å². The van der Waals surface area contributed by atoms with E-state index in [-0.39, 0.29) is 0 Å². The lowest BCUT2D eigenvalue weighted by Gasteiger charge is -2.07. The summed E-state index contributed by atoms with van der Waals surface area (Å²) in [5.41, 5.74) is 3.50. The third-order valence-electron chi connectivity index (χ3n) is 4.02. The van der Waals surface area contributed by atoms with Crippen molar-refractivity contribution in [2.45, 2.75) is 13.5 Å². The molecule has 0 atom stereocenters. The van der Waals surface area contributed by atoms with Crippen molar-refractivity contribution in [3.05, 3.63) is 93.3 Å². The molecular formula is C22H17NO3S. The Morgan fingerprint density at radius 1 is 1.11 bits per heavy atom. The van der Waals surface area contributed by atoms with Crippen LogP contribution in [0.25, 0.3) is 6.08 Å². The van der Waals surface area contributed by atoms with E-state index in [1.165, 1.54) is 16.9 Å². The first-order valence-corrected chi connectivity index (χ1v) is 9.40. The van der Waals surface area contributed by atoms with Crippen molar-refractivity contribution in [2.75, 3.05) is 0 Å². The van der Waals surface area contributed by atoms with E-state index >= 15 is 0 Å². The molecule has 0 N–H and O–H groups in total. The second-order valence-corrected chi connectivity index (χ2v) is 7.11. The molecular weight excluding hydrogens is 358 g/mol. The van der Waals surface area contributed by atoms with Gasteiger partial charge in [0.1, 0.15) is 12.4 Å². The molecule has 1 aliphatic heterocycles. The minimum atomic E-state index is -0.432. The summed E-state index contributed by atoms with van der Waals surface area (Å²) in [6.45, 7) is 2.58. The van der Waals surface area contributed by atoms with E-state index in [9.17, 15) is 4.79 Å². The number of aliphatic imine (C=N–C) groups is 1. The first-order valence-electron chi connectivity index (χ1n) is 8.52. The second-order valence-electron chi connectivity index (χ2n) is 6.16. The van der Waals surface area contributed by atoms with Crippen LogP contribution in [0.5, 0.6) is 5.75 Å². The molecule has 2 heterocycles. The summed E-state index contributed by atoms with van der Waals surface area (Å²) in [4.78, 5) is 17.2. The molecule has 1 aromatic heterocycles. The lowest BCUT2D eigenvalue weighted by molar-refractivity contribution is -0.129. The fourth-order valence-electron chi connectivity index (χ4n) is 2.70. The van der Waals surface area contributed by atoms with E-state index in [4.69, 9.17) is 9.47 Å². The number of carbonyl (C=O) groups excluding carboxylic acids is 1. The van der Waals surface area contributed by atoms with Crippen LogP contribution in [-0.4, -0.2) is 11.9 Å². The molecule has 27 heavy (non-hydrogen) atoms. The molecule has 5 heteroatoms. The molecule has 0 radical (unpaired) electrons. The standard InChI is InChI=1S/C22H17NO3S/c1-15-4-2-5-17(12-15)14-25-18-9-7-16(8-10-18)13-19-22(24)26-21(23-19)20-6-3-11-27-20/h2-13H,14H2,1H3/b19-13-. The Kier molecular flexibility index (Phi) is 4.85. The maximum atomic E-state index is 12.0. The van der Waals surface area contributed by atoms with Crippen molar-refractivity contribution in [1.82, 2.24) is 0 Å². The second kappa shape index (κ2) is 7.60. The maximum Gasteiger partial charge on any atom is 0.363 e. The molecule has 4 rings (SSSR count). The van der Waals surface area contributed by atoms with Gasteiger partial charge in [-0.15, -0.1) is 11.3 Å². The van der Waals surface area contributed by atoms with E-state index in [2.05, 4.69) is 24.0 Å². The maximum absolute atomic E-state index is 12.0. The van der Waals surface area contributed by atoms with Crippen LogP contribution < -0.4 is 4.74 Å². The molecule has 0 saturated carbocycles. The summed E-state index contributed by atoms with van der Waals surface area (Å²) in [5.74, 6) is 0.702. The van der Waals surface area contributed by atoms with Crippen LogP contribution in [0.3, 0.4) is 0 Å². The largest absolute Gasteiger partial charge is 0.489 e. The Balaban J connectivity index is 1.44. The zero-order chi connectivity index (χ0) is 18.6. The minimum Gasteiger partial charge on any atom is -0.489 e. The summed E-state index contributed by atoms with van der Waals surface area (Å²) in [6.07, 6.45) is 1.72. The Morgan fingerprint density at radius 2 is 1.96 bits per heavy atom. The highest BCUT2D eigenvalue weighted by Gasteiger charge is 2.24. The Morgan fingerprint density at radius 3 is 2.70 bits per heavy atom. The lowest BCUT2D eigenvalue weighted by atomic mass is 10.1. The molecule has 0 saturated heterocycles. The van der Waals surface area contributed by atoms with Gasteiger partial charge < -0.3 is 9.47 Å². The van der Waals surface area contributed by atoms with Crippen molar-refractivity contribution >= 4 is 29.3 Å². The molecule has 134 valence electrons. The molecule has 4 nitrogen and oxygen atoms in total. The average Bonchev–Trinajstić information content (AvgIpc) is 3.32. The van der Waals surface area contributed by atoms with Crippen molar-refractivity contribution in [2.24, 2.45) is 4.99 Å². The normalized spacial score (nSPS) is 14.9. The Hall–Kier alpha value is -3.18. The monoisotopic (exact) mass is 375 g/mol. The number of aryl methyl sites for hydroxylation is 1. The average molecular weight is 375 g/mol. The van der Waals surface area contributed by atoms with Crippen LogP contribution in [0.1, 0.15) is 21.6 Å². The van der Waals surface area contributed by atoms with Gasteiger partial charge in [-0.2, -0.15) is 0 Å². The number of carbonyl (C=O) groups is 1. The van der Waals surface area contributed by atoms with E-state index in [1.54, 1.807) is 6.08 Å². The Labute approximate surface area is 161 Å². The minimum absolute atomic E-state index is 0.298. The topological polar surface area (TPSA) is 47.9 Å². The quantitative estimate of drug-likeness (QED) is 0.467. The summed E-state index contributed by atoms with van der Waals surface area (Å²) < 4.78 is 11.1. The van der Waals surface area contributed by atoms with E-state index in [0.717, 1.165) is 21.8 Å². The number of cyclic esters (lactones) is 1. The molecule has 0 fully saturated rings. The van der Waals surface area contributed by atoms with Crippen molar-refractivity contribution < 1.29 is 14.3 Å². The number of thiophene rings is 1. The van der Waals surface area contributed by atoms with Gasteiger partial charge in [-0.05, 0) is 47.7 Å². The highest BCUT2D eigenvalue weighted by molar-refractivity contribution is 7.12. The van der Waals surface area contributed by atoms with Gasteiger partial charge in [-0.25, -0.2) is 9.79 Å². The predicted octanol–water partition coefficient (Wildman–Crippen LogP) is 4.98. The fraction of sp³-hybridized carbons (Fsp3) is 0.0909. The molecule has 0 bridgehead atoms. The lowest BCUT2D eigenvalue weighted by Crippen LogP contribution is -2.03. The van der Waals surface area contributed by atoms with E-state index in [0.29, 0.717) is 18.2 Å². The third-order valence-corrected chi connectivity index (χ3v) is 4.88. The number of esters is 1. The number of ether oxygens (including phenoxy) is 2. The first-order chi connectivity index (χ1) is 13.2. The van der Waals surface area contributed by atoms with Crippen LogP contribution in [-0.2, 0) is 16.1 Å². The number of benzene rings is 2. The van der Waals surface area contributed by atoms with Gasteiger partial charge in [0.15, 0.2) is 5.70 Å². The number of nitrogens with zero attached hydrogens (tertiary/aromatic N) is 1. The van der Waals surface area contributed by atoms with Gasteiger partial charge in [-0.1, -0.05) is 48.0 Å². The molecule has 0 aliphatic carbocycles. The fourth-order valence-corrected chi connectivity index (χ4v) is 3.35. The number of hydrogen-bond acceptors (Lipinski definition) is 5. The summed E-state index contributed by atoms with van der Waals surface area (Å²) in [5, 5.41) is 1.92. The zero-order valence-corrected chi connectivity index (χ0v) is 15.5. The SMILES string of the molecule is Cc1cccc(COc2ccc(/C=C3\N=C(c4cccs4)OC3=O)cc2)c1. The van der Waals surface area contributed by atoms with Gasteiger partial charge >= 0.3 is 5.97 Å². The summed E-state index contributed by atoms with van der Waals surface area (Å²) in [6, 6.07) is 19.6. The van der Waals surface area contributed by atoms with E-state index in [1.807, 2.05) is 53.9 Å². The molecule has 3 aromatic rings. The van der Waals surface area contributed by atoms with Crippen molar-refractivity contribution in [1.29, 1.82) is 0 Å². The number of rotatable bonds is 5. The molecule has 2 aromatic carbocycles. The molecule has 0 spiro atoms. The van der Waals surface area contributed by atoms with Gasteiger partial charge in [0.05, 0.1) is 4.88 Å².